The van der Waals surface area contributed by atoms with E-state index in [-0.39, 0.29) is 22.3 Å². The van der Waals surface area contributed by atoms with Crippen molar-refractivity contribution in [3.8, 4) is 0 Å². The SMILES string of the molecule is FC(F)(F)c1cc(N2CCCC2)nc(NC(=S)NCC2(c3cccc(Cl)c3)CCCCC2)n1. The van der Waals surface area contributed by atoms with Crippen molar-refractivity contribution < 1.29 is 13.2 Å². The molecule has 1 aliphatic carbocycles. The minimum Gasteiger partial charge on any atom is -0.361 e. The van der Waals surface area contributed by atoms with E-state index >= 15 is 0 Å². The van der Waals surface area contributed by atoms with Crippen LogP contribution in [0.15, 0.2) is 30.3 Å². The molecular formula is C23H27ClF3N5S. The number of thiocarbonyl (C=S) groups is 1. The number of nitrogens with one attached hydrogen (secondary N) is 2. The average Bonchev–Trinajstić information content (AvgIpc) is 3.33. The summed E-state index contributed by atoms with van der Waals surface area (Å²) in [5, 5.41) is 6.88. The first-order chi connectivity index (χ1) is 15.7. The van der Waals surface area contributed by atoms with Gasteiger partial charge in [0.25, 0.3) is 0 Å². The van der Waals surface area contributed by atoms with Crippen molar-refractivity contribution in [3.63, 3.8) is 0 Å². The van der Waals surface area contributed by atoms with Gasteiger partial charge >= 0.3 is 6.18 Å². The van der Waals surface area contributed by atoms with Gasteiger partial charge in [-0.15, -0.1) is 0 Å². The van der Waals surface area contributed by atoms with Crippen molar-refractivity contribution in [2.24, 2.45) is 0 Å². The highest BCUT2D eigenvalue weighted by Crippen LogP contribution is 2.40. The molecule has 33 heavy (non-hydrogen) atoms. The molecule has 0 spiro atoms. The topological polar surface area (TPSA) is 53.1 Å². The smallest absolute Gasteiger partial charge is 0.361 e. The van der Waals surface area contributed by atoms with Crippen LogP contribution < -0.4 is 15.5 Å². The van der Waals surface area contributed by atoms with Gasteiger partial charge in [-0.2, -0.15) is 18.2 Å². The van der Waals surface area contributed by atoms with Crippen LogP contribution in [0.25, 0.3) is 0 Å². The predicted molar refractivity (Wildman–Crippen MR) is 129 cm³/mol. The summed E-state index contributed by atoms with van der Waals surface area (Å²) in [6, 6.07) is 8.87. The van der Waals surface area contributed by atoms with Crippen molar-refractivity contribution in [1.82, 2.24) is 15.3 Å². The number of hydrogen-bond donors (Lipinski definition) is 2. The number of alkyl halides is 3. The maximum absolute atomic E-state index is 13.4. The van der Waals surface area contributed by atoms with Gasteiger partial charge in [0, 0.05) is 36.1 Å². The highest BCUT2D eigenvalue weighted by molar-refractivity contribution is 7.80. The number of nitrogens with zero attached hydrogens (tertiary/aromatic N) is 3. The molecule has 0 unspecified atom stereocenters. The zero-order valence-corrected chi connectivity index (χ0v) is 19.8. The summed E-state index contributed by atoms with van der Waals surface area (Å²) in [4.78, 5) is 9.83. The van der Waals surface area contributed by atoms with Crippen molar-refractivity contribution in [3.05, 3.63) is 46.6 Å². The molecule has 1 aliphatic heterocycles. The number of hydrogen-bond acceptors (Lipinski definition) is 4. The van der Waals surface area contributed by atoms with Crippen LogP contribution in [0.3, 0.4) is 0 Å². The van der Waals surface area contributed by atoms with Crippen LogP contribution in [0.4, 0.5) is 24.9 Å². The van der Waals surface area contributed by atoms with Gasteiger partial charge in [-0.1, -0.05) is 43.0 Å². The molecule has 2 heterocycles. The van der Waals surface area contributed by atoms with Crippen LogP contribution >= 0.6 is 23.8 Å². The summed E-state index contributed by atoms with van der Waals surface area (Å²) in [5.41, 5.74) is 0.0357. The zero-order chi connectivity index (χ0) is 23.5. The maximum Gasteiger partial charge on any atom is 0.433 e. The first kappa shape index (κ1) is 24.0. The normalized spacial score (nSPS) is 18.2. The van der Waals surface area contributed by atoms with Gasteiger partial charge in [-0.25, -0.2) is 4.98 Å². The molecule has 2 aromatic rings. The van der Waals surface area contributed by atoms with Gasteiger partial charge in [0.05, 0.1) is 0 Å². The number of rotatable bonds is 5. The predicted octanol–water partition coefficient (Wildman–Crippen LogP) is 5.94. The highest BCUT2D eigenvalue weighted by atomic mass is 35.5. The molecule has 0 amide bonds. The Morgan fingerprint density at radius 1 is 1.06 bits per heavy atom. The average molecular weight is 498 g/mol. The molecule has 10 heteroatoms. The summed E-state index contributed by atoms with van der Waals surface area (Å²) in [6.07, 6.45) is 2.65. The molecule has 5 nitrogen and oxygen atoms in total. The number of anilines is 2. The summed E-state index contributed by atoms with van der Waals surface area (Å²) < 4.78 is 40.3. The fraction of sp³-hybridized carbons (Fsp3) is 0.522. The Kier molecular flexibility index (Phi) is 7.28. The summed E-state index contributed by atoms with van der Waals surface area (Å²) >= 11 is 11.7. The molecule has 2 aliphatic rings. The minimum absolute atomic E-state index is 0.135. The van der Waals surface area contributed by atoms with Crippen LogP contribution in [0.5, 0.6) is 0 Å². The second-order valence-electron chi connectivity index (χ2n) is 8.79. The van der Waals surface area contributed by atoms with Gasteiger partial charge in [0.15, 0.2) is 10.8 Å². The van der Waals surface area contributed by atoms with Crippen LogP contribution in [-0.4, -0.2) is 34.7 Å². The van der Waals surface area contributed by atoms with Gasteiger partial charge < -0.3 is 15.5 Å². The van der Waals surface area contributed by atoms with Gasteiger partial charge in [0.1, 0.15) is 5.82 Å². The highest BCUT2D eigenvalue weighted by Gasteiger charge is 2.36. The third-order valence-electron chi connectivity index (χ3n) is 6.49. The fourth-order valence-corrected chi connectivity index (χ4v) is 5.11. The van der Waals surface area contributed by atoms with Crippen molar-refractivity contribution >= 4 is 40.7 Å². The molecule has 2 N–H and O–H groups in total. The van der Waals surface area contributed by atoms with E-state index in [1.165, 1.54) is 6.42 Å². The Labute approximate surface area is 202 Å². The van der Waals surface area contributed by atoms with Crippen molar-refractivity contribution in [1.29, 1.82) is 0 Å². The van der Waals surface area contributed by atoms with E-state index in [9.17, 15) is 13.2 Å². The Morgan fingerprint density at radius 2 is 1.79 bits per heavy atom. The van der Waals surface area contributed by atoms with Gasteiger partial charge in [-0.3, -0.25) is 0 Å². The molecule has 0 radical (unpaired) electrons. The van der Waals surface area contributed by atoms with E-state index in [2.05, 4.69) is 26.7 Å². The molecule has 4 rings (SSSR count). The van der Waals surface area contributed by atoms with E-state index in [1.807, 2.05) is 23.1 Å². The second kappa shape index (κ2) is 10.0. The Balaban J connectivity index is 1.50. The molecule has 0 bridgehead atoms. The van der Waals surface area contributed by atoms with E-state index < -0.39 is 11.9 Å². The second-order valence-corrected chi connectivity index (χ2v) is 9.63. The number of halogens is 4. The third-order valence-corrected chi connectivity index (χ3v) is 6.97. The van der Waals surface area contributed by atoms with Crippen LogP contribution in [0.1, 0.15) is 56.2 Å². The van der Waals surface area contributed by atoms with Crippen LogP contribution in [-0.2, 0) is 11.6 Å². The summed E-state index contributed by atoms with van der Waals surface area (Å²) in [6.45, 7) is 1.91. The molecule has 178 valence electrons. The van der Waals surface area contributed by atoms with E-state index in [1.54, 1.807) is 0 Å². The lowest BCUT2D eigenvalue weighted by Gasteiger charge is -2.38. The minimum atomic E-state index is -4.57. The fourth-order valence-electron chi connectivity index (χ4n) is 4.75. The van der Waals surface area contributed by atoms with Crippen LogP contribution in [0.2, 0.25) is 5.02 Å². The lowest BCUT2D eigenvalue weighted by atomic mass is 9.69. The monoisotopic (exact) mass is 497 g/mol. The Bertz CT molecular complexity index is 988. The number of aromatic nitrogens is 2. The molecule has 1 aromatic heterocycles. The molecular weight excluding hydrogens is 471 g/mol. The molecule has 0 atom stereocenters. The Hall–Kier alpha value is -2.13. The number of benzene rings is 1. The maximum atomic E-state index is 13.4. The molecule has 2 fully saturated rings. The van der Waals surface area contributed by atoms with Gasteiger partial charge in [0.2, 0.25) is 5.95 Å². The van der Waals surface area contributed by atoms with Gasteiger partial charge in [-0.05, 0) is 55.6 Å². The molecule has 1 saturated carbocycles. The third kappa shape index (κ3) is 5.87. The van der Waals surface area contributed by atoms with Crippen LogP contribution in [0, 0.1) is 0 Å². The molecule has 1 aromatic carbocycles. The van der Waals surface area contributed by atoms with E-state index in [0.29, 0.717) is 24.7 Å². The lowest BCUT2D eigenvalue weighted by Crippen LogP contribution is -2.43. The quantitative estimate of drug-likeness (QED) is 0.499. The standard InChI is InChI=1S/C23H27ClF3N5S/c24-17-8-6-7-16(13-17)22(9-2-1-3-10-22)15-28-21(33)31-20-29-18(23(25,26)27)14-19(30-20)32-11-4-5-12-32/h6-8,13-14H,1-5,9-12,15H2,(H2,28,29,30,31,33). The summed E-state index contributed by atoms with van der Waals surface area (Å²) in [7, 11) is 0. The van der Waals surface area contributed by atoms with Crippen molar-refractivity contribution in [2.45, 2.75) is 56.5 Å². The molecule has 1 saturated heterocycles. The van der Waals surface area contributed by atoms with E-state index in [0.717, 1.165) is 50.2 Å². The first-order valence-corrected chi connectivity index (χ1v) is 12.1. The first-order valence-electron chi connectivity index (χ1n) is 11.3. The largest absolute Gasteiger partial charge is 0.433 e. The Morgan fingerprint density at radius 3 is 2.45 bits per heavy atom. The lowest BCUT2D eigenvalue weighted by molar-refractivity contribution is -0.141. The summed E-state index contributed by atoms with van der Waals surface area (Å²) in [5.74, 6) is 0.118. The zero-order valence-electron chi connectivity index (χ0n) is 18.2. The van der Waals surface area contributed by atoms with E-state index in [4.69, 9.17) is 23.8 Å². The van der Waals surface area contributed by atoms with Crippen molar-refractivity contribution in [2.75, 3.05) is 29.9 Å².